The molecule has 8 heteroatoms. The molecule has 0 aromatic heterocycles. The molecule has 29 heavy (non-hydrogen) atoms. The molecule has 5 nitrogen and oxygen atoms in total. The van der Waals surface area contributed by atoms with Crippen molar-refractivity contribution >= 4 is 59.0 Å². The van der Waals surface area contributed by atoms with Crippen LogP contribution in [-0.2, 0) is 24.4 Å². The van der Waals surface area contributed by atoms with Gasteiger partial charge in [-0.2, -0.15) is 0 Å². The summed E-state index contributed by atoms with van der Waals surface area (Å²) in [5, 5.41) is 7.80. The van der Waals surface area contributed by atoms with Gasteiger partial charge in [0.15, 0.2) is 5.96 Å². The first-order valence-corrected chi connectivity index (χ1v) is 10.0. The Hall–Kier alpha value is -1.51. The number of carbonyl (C=O) groups is 1. The van der Waals surface area contributed by atoms with Crippen molar-refractivity contribution in [3.8, 4) is 0 Å². The van der Waals surface area contributed by atoms with Crippen molar-refractivity contribution in [2.24, 2.45) is 4.99 Å². The molecule has 2 aromatic carbocycles. The highest BCUT2D eigenvalue weighted by atomic mass is 127. The van der Waals surface area contributed by atoms with Crippen molar-refractivity contribution in [3.63, 3.8) is 0 Å². The summed E-state index contributed by atoms with van der Waals surface area (Å²) in [5.41, 5.74) is 3.23. The minimum Gasteiger partial charge on any atom is -0.352 e. The number of hydrogen-bond donors (Lipinski definition) is 2. The van der Waals surface area contributed by atoms with E-state index in [1.807, 2.05) is 23.1 Å². The molecule has 1 saturated heterocycles. The van der Waals surface area contributed by atoms with Gasteiger partial charge in [-0.3, -0.25) is 9.79 Å². The molecule has 1 fully saturated rings. The van der Waals surface area contributed by atoms with E-state index in [1.54, 1.807) is 13.1 Å². The minimum absolute atomic E-state index is 0. The Kier molecular flexibility index (Phi) is 9.52. The fourth-order valence-electron chi connectivity index (χ4n) is 3.18. The molecule has 0 radical (unpaired) electrons. The van der Waals surface area contributed by atoms with Gasteiger partial charge in [-0.05, 0) is 35.2 Å². The summed E-state index contributed by atoms with van der Waals surface area (Å²) in [5.74, 6) is 0.931. The molecule has 0 aliphatic carbocycles. The van der Waals surface area contributed by atoms with Crippen molar-refractivity contribution in [1.82, 2.24) is 15.5 Å². The number of likely N-dealkylation sites (tertiary alicyclic amines) is 1. The summed E-state index contributed by atoms with van der Waals surface area (Å²) in [6, 6.07) is 13.7. The van der Waals surface area contributed by atoms with E-state index in [0.29, 0.717) is 42.1 Å². The molecular weight excluding hydrogens is 522 g/mol. The molecule has 0 bridgehead atoms. The van der Waals surface area contributed by atoms with E-state index in [0.717, 1.165) is 29.7 Å². The second-order valence-electron chi connectivity index (χ2n) is 6.75. The van der Waals surface area contributed by atoms with Crippen LogP contribution in [0.5, 0.6) is 0 Å². The molecule has 0 saturated carbocycles. The van der Waals surface area contributed by atoms with Crippen molar-refractivity contribution in [2.45, 2.75) is 32.5 Å². The Morgan fingerprint density at radius 3 is 2.55 bits per heavy atom. The van der Waals surface area contributed by atoms with E-state index >= 15 is 0 Å². The average Bonchev–Trinajstić information content (AvgIpc) is 3.08. The van der Waals surface area contributed by atoms with Gasteiger partial charge in [0.05, 0.1) is 0 Å². The van der Waals surface area contributed by atoms with Gasteiger partial charge in [0.1, 0.15) is 0 Å². The molecule has 156 valence electrons. The third-order valence-electron chi connectivity index (χ3n) is 4.68. The van der Waals surface area contributed by atoms with E-state index in [2.05, 4.69) is 33.8 Å². The highest BCUT2D eigenvalue weighted by Gasteiger charge is 2.19. The number of carbonyl (C=O) groups excluding carboxylic acids is 1. The second-order valence-corrected chi connectivity index (χ2v) is 7.60. The fraction of sp³-hybridized carbons (Fsp3) is 0.333. The lowest BCUT2D eigenvalue weighted by Gasteiger charge is -2.16. The summed E-state index contributed by atoms with van der Waals surface area (Å²) in [4.78, 5) is 18.0. The van der Waals surface area contributed by atoms with Crippen LogP contribution in [0.4, 0.5) is 0 Å². The van der Waals surface area contributed by atoms with Gasteiger partial charge < -0.3 is 15.5 Å². The Bertz CT molecular complexity index is 876. The van der Waals surface area contributed by atoms with Crippen LogP contribution >= 0.6 is 47.2 Å². The molecule has 2 N–H and O–H groups in total. The molecule has 1 aliphatic rings. The predicted octanol–water partition coefficient (Wildman–Crippen LogP) is 4.60. The molecule has 3 rings (SSSR count). The molecule has 1 heterocycles. The number of halogens is 3. The molecular formula is C21H25Cl2IN4O. The van der Waals surface area contributed by atoms with E-state index in [9.17, 15) is 4.79 Å². The SMILES string of the molecule is CN=C(NCc1cccc(CN2CCCC2=O)c1)NCc1ccc(Cl)cc1Cl.I. The van der Waals surface area contributed by atoms with Gasteiger partial charge in [-0.1, -0.05) is 53.5 Å². The maximum atomic E-state index is 11.8. The van der Waals surface area contributed by atoms with Crippen LogP contribution in [0.2, 0.25) is 10.0 Å². The number of aliphatic imine (C=N–C) groups is 1. The molecule has 1 aliphatic heterocycles. The number of nitrogens with one attached hydrogen (secondary N) is 2. The summed E-state index contributed by atoms with van der Waals surface area (Å²) < 4.78 is 0. The average molecular weight is 547 g/mol. The van der Waals surface area contributed by atoms with Gasteiger partial charge >= 0.3 is 0 Å². The van der Waals surface area contributed by atoms with Gasteiger partial charge in [-0.15, -0.1) is 24.0 Å². The largest absolute Gasteiger partial charge is 0.352 e. The zero-order valence-electron chi connectivity index (χ0n) is 16.3. The highest BCUT2D eigenvalue weighted by molar-refractivity contribution is 14.0. The number of nitrogens with zero attached hydrogens (tertiary/aromatic N) is 2. The molecule has 1 amide bonds. The van der Waals surface area contributed by atoms with E-state index in [-0.39, 0.29) is 29.9 Å². The smallest absolute Gasteiger partial charge is 0.222 e. The normalized spacial score (nSPS) is 14.0. The first kappa shape index (κ1) is 23.8. The lowest BCUT2D eigenvalue weighted by Crippen LogP contribution is -2.36. The number of benzene rings is 2. The van der Waals surface area contributed by atoms with Crippen LogP contribution in [0.1, 0.15) is 29.5 Å². The molecule has 0 spiro atoms. The standard InChI is InChI=1S/C21H24Cl2N4O.HI/c1-24-21(26-13-17-7-8-18(22)11-19(17)23)25-12-15-4-2-5-16(10-15)14-27-9-3-6-20(27)28;/h2,4-5,7-8,10-11H,3,6,9,12-14H2,1H3,(H2,24,25,26);1H. The van der Waals surface area contributed by atoms with Crippen LogP contribution in [0.3, 0.4) is 0 Å². The van der Waals surface area contributed by atoms with Crippen LogP contribution in [-0.4, -0.2) is 30.4 Å². The Balaban J connectivity index is 0.00000300. The van der Waals surface area contributed by atoms with Crippen LogP contribution in [0.15, 0.2) is 47.5 Å². The van der Waals surface area contributed by atoms with Gasteiger partial charge in [0, 0.05) is 49.7 Å². The third kappa shape index (κ3) is 7.04. The maximum Gasteiger partial charge on any atom is 0.222 e. The summed E-state index contributed by atoms with van der Waals surface area (Å²) >= 11 is 12.2. The minimum atomic E-state index is 0. The quantitative estimate of drug-likeness (QED) is 0.316. The Labute approximate surface area is 198 Å². The van der Waals surface area contributed by atoms with Gasteiger partial charge in [0.25, 0.3) is 0 Å². The number of guanidine groups is 1. The van der Waals surface area contributed by atoms with Crippen molar-refractivity contribution in [2.75, 3.05) is 13.6 Å². The van der Waals surface area contributed by atoms with E-state index in [1.165, 1.54) is 0 Å². The zero-order valence-corrected chi connectivity index (χ0v) is 20.1. The van der Waals surface area contributed by atoms with Crippen molar-refractivity contribution in [1.29, 1.82) is 0 Å². The first-order valence-electron chi connectivity index (χ1n) is 9.29. The van der Waals surface area contributed by atoms with Crippen LogP contribution < -0.4 is 10.6 Å². The summed E-state index contributed by atoms with van der Waals surface area (Å²) in [7, 11) is 1.73. The topological polar surface area (TPSA) is 56.7 Å². The molecule has 2 aromatic rings. The summed E-state index contributed by atoms with van der Waals surface area (Å²) in [6.45, 7) is 2.71. The summed E-state index contributed by atoms with van der Waals surface area (Å²) in [6.07, 6.45) is 1.63. The third-order valence-corrected chi connectivity index (χ3v) is 5.27. The second kappa shape index (κ2) is 11.6. The zero-order chi connectivity index (χ0) is 19.9. The van der Waals surface area contributed by atoms with E-state index < -0.39 is 0 Å². The van der Waals surface area contributed by atoms with Gasteiger partial charge in [-0.25, -0.2) is 0 Å². The highest BCUT2D eigenvalue weighted by Crippen LogP contribution is 2.20. The van der Waals surface area contributed by atoms with Gasteiger partial charge in [0.2, 0.25) is 5.91 Å². The number of amides is 1. The van der Waals surface area contributed by atoms with Crippen molar-refractivity contribution < 1.29 is 4.79 Å². The molecule has 0 atom stereocenters. The fourth-order valence-corrected chi connectivity index (χ4v) is 3.66. The van der Waals surface area contributed by atoms with Crippen LogP contribution in [0, 0.1) is 0 Å². The monoisotopic (exact) mass is 546 g/mol. The molecule has 0 unspecified atom stereocenters. The van der Waals surface area contributed by atoms with Crippen LogP contribution in [0.25, 0.3) is 0 Å². The predicted molar refractivity (Wildman–Crippen MR) is 130 cm³/mol. The Morgan fingerprint density at radius 1 is 1.10 bits per heavy atom. The Morgan fingerprint density at radius 2 is 1.86 bits per heavy atom. The lowest BCUT2D eigenvalue weighted by atomic mass is 10.1. The first-order chi connectivity index (χ1) is 13.5. The number of hydrogen-bond acceptors (Lipinski definition) is 2. The maximum absolute atomic E-state index is 11.8. The van der Waals surface area contributed by atoms with Crippen molar-refractivity contribution in [3.05, 3.63) is 69.2 Å². The lowest BCUT2D eigenvalue weighted by molar-refractivity contribution is -0.128. The number of rotatable bonds is 6. The van der Waals surface area contributed by atoms with E-state index in [4.69, 9.17) is 23.2 Å².